The summed E-state index contributed by atoms with van der Waals surface area (Å²) in [5.41, 5.74) is 0.164. The van der Waals surface area contributed by atoms with Crippen molar-refractivity contribution in [2.45, 2.75) is 25.4 Å². The molecule has 2 N–H and O–H groups in total. The number of carbonyl (C=O) groups is 3. The van der Waals surface area contributed by atoms with Crippen molar-refractivity contribution < 1.29 is 28.6 Å². The highest BCUT2D eigenvalue weighted by molar-refractivity contribution is 6.09. The van der Waals surface area contributed by atoms with E-state index in [4.69, 9.17) is 14.2 Å². The van der Waals surface area contributed by atoms with E-state index in [0.717, 1.165) is 10.5 Å². The maximum Gasteiger partial charge on any atom is 0.325 e. The number of fused-ring (bicyclic) bond motifs is 1. The number of nitrogens with zero attached hydrogens (tertiary/aromatic N) is 1. The van der Waals surface area contributed by atoms with Crippen LogP contribution in [0.2, 0.25) is 0 Å². The highest BCUT2D eigenvalue weighted by Gasteiger charge is 2.49. The summed E-state index contributed by atoms with van der Waals surface area (Å²) >= 11 is 0. The molecular weight excluding hydrogens is 414 g/mol. The topological polar surface area (TPSA) is 106 Å². The van der Waals surface area contributed by atoms with Gasteiger partial charge >= 0.3 is 6.03 Å². The van der Waals surface area contributed by atoms with Crippen LogP contribution in [-0.2, 0) is 15.1 Å². The number of imide groups is 1. The minimum atomic E-state index is -1.26. The number of rotatable bonds is 6. The number of carbonyl (C=O) groups excluding carboxylic acids is 3. The zero-order chi connectivity index (χ0) is 22.9. The van der Waals surface area contributed by atoms with Gasteiger partial charge in [-0.25, -0.2) is 4.79 Å². The number of nitrogens with one attached hydrogen (secondary N) is 2. The summed E-state index contributed by atoms with van der Waals surface area (Å²) in [5, 5.41) is 5.52. The molecule has 2 unspecified atom stereocenters. The van der Waals surface area contributed by atoms with Gasteiger partial charge in [0.25, 0.3) is 5.91 Å². The van der Waals surface area contributed by atoms with E-state index in [1.165, 1.54) is 0 Å². The van der Waals surface area contributed by atoms with Gasteiger partial charge in [-0.2, -0.15) is 0 Å². The van der Waals surface area contributed by atoms with Gasteiger partial charge in [0, 0.05) is 0 Å². The predicted molar refractivity (Wildman–Crippen MR) is 115 cm³/mol. The Morgan fingerprint density at radius 3 is 2.53 bits per heavy atom. The zero-order valence-corrected chi connectivity index (χ0v) is 18.1. The minimum Gasteiger partial charge on any atom is -0.497 e. The van der Waals surface area contributed by atoms with Crippen molar-refractivity contribution in [3.63, 3.8) is 0 Å². The first-order valence-electron chi connectivity index (χ1n) is 10.3. The molecule has 9 heteroatoms. The van der Waals surface area contributed by atoms with E-state index in [1.807, 2.05) is 19.1 Å². The number of urea groups is 1. The molecule has 2 aliphatic rings. The van der Waals surface area contributed by atoms with Gasteiger partial charge in [-0.15, -0.1) is 0 Å². The molecule has 168 valence electrons. The highest BCUT2D eigenvalue weighted by Crippen LogP contribution is 2.33. The van der Waals surface area contributed by atoms with Crippen LogP contribution in [0.1, 0.15) is 31.0 Å². The monoisotopic (exact) mass is 439 g/mol. The molecule has 2 aliphatic heterocycles. The molecule has 4 amide bonds. The molecule has 0 bridgehead atoms. The largest absolute Gasteiger partial charge is 0.497 e. The summed E-state index contributed by atoms with van der Waals surface area (Å²) in [6.07, 6.45) is 0. The number of amides is 4. The quantitative estimate of drug-likeness (QED) is 0.668. The van der Waals surface area contributed by atoms with Gasteiger partial charge in [-0.1, -0.05) is 18.2 Å². The summed E-state index contributed by atoms with van der Waals surface area (Å²) in [4.78, 5) is 39.1. The first-order valence-corrected chi connectivity index (χ1v) is 10.3. The second kappa shape index (κ2) is 8.41. The van der Waals surface area contributed by atoms with Crippen LogP contribution >= 0.6 is 0 Å². The van der Waals surface area contributed by atoms with Crippen LogP contribution in [0.5, 0.6) is 17.2 Å². The van der Waals surface area contributed by atoms with Crippen molar-refractivity contribution in [1.82, 2.24) is 15.5 Å². The molecule has 2 aromatic carbocycles. The van der Waals surface area contributed by atoms with Gasteiger partial charge in [-0.3, -0.25) is 14.5 Å². The third kappa shape index (κ3) is 3.93. The van der Waals surface area contributed by atoms with Crippen LogP contribution in [0.25, 0.3) is 0 Å². The summed E-state index contributed by atoms with van der Waals surface area (Å²) in [5.74, 6) is 0.984. The maximum atomic E-state index is 13.0. The van der Waals surface area contributed by atoms with Gasteiger partial charge < -0.3 is 24.8 Å². The molecule has 0 radical (unpaired) electrons. The standard InChI is InChI=1S/C23H25N3O6/c1-14(15-4-9-18-19(12-15)32-11-10-31-18)24-20(27)13-26-21(28)23(2,25-22(26)29)16-5-7-17(30-3)8-6-16/h4-9,12,14H,10-11,13H2,1-3H3,(H,24,27)(H,25,29). The summed E-state index contributed by atoms with van der Waals surface area (Å²) < 4.78 is 16.2. The van der Waals surface area contributed by atoms with Crippen molar-refractivity contribution in [2.24, 2.45) is 0 Å². The van der Waals surface area contributed by atoms with E-state index in [9.17, 15) is 14.4 Å². The Hall–Kier alpha value is -3.75. The van der Waals surface area contributed by atoms with E-state index >= 15 is 0 Å². The Morgan fingerprint density at radius 1 is 1.16 bits per heavy atom. The van der Waals surface area contributed by atoms with Crippen molar-refractivity contribution in [3.8, 4) is 17.2 Å². The maximum absolute atomic E-state index is 13.0. The molecule has 4 rings (SSSR count). The number of benzene rings is 2. The SMILES string of the molecule is COc1ccc(C2(C)NC(=O)N(CC(=O)NC(C)c3ccc4c(c3)OCCO4)C2=O)cc1. The van der Waals surface area contributed by atoms with E-state index in [2.05, 4.69) is 10.6 Å². The van der Waals surface area contributed by atoms with Crippen molar-refractivity contribution >= 4 is 17.8 Å². The molecule has 2 heterocycles. The van der Waals surface area contributed by atoms with Gasteiger partial charge in [0.2, 0.25) is 5.91 Å². The second-order valence-electron chi connectivity index (χ2n) is 7.87. The molecule has 32 heavy (non-hydrogen) atoms. The summed E-state index contributed by atoms with van der Waals surface area (Å²) in [7, 11) is 1.55. The lowest BCUT2D eigenvalue weighted by Gasteiger charge is -2.23. The fourth-order valence-electron chi connectivity index (χ4n) is 3.80. The number of hydrogen-bond donors (Lipinski definition) is 2. The molecule has 0 aromatic heterocycles. The molecule has 0 aliphatic carbocycles. The Labute approximate surface area is 185 Å². The fraction of sp³-hybridized carbons (Fsp3) is 0.348. The third-order valence-corrected chi connectivity index (χ3v) is 5.69. The van der Waals surface area contributed by atoms with Gasteiger partial charge in [0.05, 0.1) is 13.2 Å². The lowest BCUT2D eigenvalue weighted by atomic mass is 9.92. The molecule has 1 saturated heterocycles. The number of ether oxygens (including phenoxy) is 3. The van der Waals surface area contributed by atoms with Crippen molar-refractivity contribution in [1.29, 1.82) is 0 Å². The Kier molecular flexibility index (Phi) is 5.65. The van der Waals surface area contributed by atoms with Gasteiger partial charge in [-0.05, 0) is 49.2 Å². The van der Waals surface area contributed by atoms with Crippen LogP contribution in [0.4, 0.5) is 4.79 Å². The number of methoxy groups -OCH3 is 1. The zero-order valence-electron chi connectivity index (χ0n) is 18.1. The predicted octanol–water partition coefficient (Wildman–Crippen LogP) is 2.11. The normalized spacial score (nSPS) is 20.5. The number of hydrogen-bond acceptors (Lipinski definition) is 6. The first-order chi connectivity index (χ1) is 15.3. The van der Waals surface area contributed by atoms with Crippen LogP contribution in [-0.4, -0.2) is 49.6 Å². The summed E-state index contributed by atoms with van der Waals surface area (Å²) in [6, 6.07) is 11.3. The van der Waals surface area contributed by atoms with Crippen LogP contribution in [0.15, 0.2) is 42.5 Å². The highest BCUT2D eigenvalue weighted by atomic mass is 16.6. The first kappa shape index (κ1) is 21.5. The molecule has 9 nitrogen and oxygen atoms in total. The Balaban J connectivity index is 1.42. The smallest absolute Gasteiger partial charge is 0.325 e. The molecule has 0 saturated carbocycles. The van der Waals surface area contributed by atoms with E-state index in [0.29, 0.717) is 36.0 Å². The average Bonchev–Trinajstić information content (AvgIpc) is 3.02. The molecule has 2 atom stereocenters. The lowest BCUT2D eigenvalue weighted by Crippen LogP contribution is -2.43. The minimum absolute atomic E-state index is 0.355. The van der Waals surface area contributed by atoms with Crippen LogP contribution in [0, 0.1) is 0 Å². The Bertz CT molecular complexity index is 1050. The molecular formula is C23H25N3O6. The molecule has 0 spiro atoms. The third-order valence-electron chi connectivity index (χ3n) is 5.69. The Morgan fingerprint density at radius 2 is 1.84 bits per heavy atom. The van der Waals surface area contributed by atoms with Gasteiger partial charge in [0.1, 0.15) is 31.0 Å². The van der Waals surface area contributed by atoms with E-state index in [-0.39, 0.29) is 12.6 Å². The molecule has 2 aromatic rings. The van der Waals surface area contributed by atoms with E-state index in [1.54, 1.807) is 44.4 Å². The van der Waals surface area contributed by atoms with Crippen molar-refractivity contribution in [2.75, 3.05) is 26.9 Å². The fourth-order valence-corrected chi connectivity index (χ4v) is 3.80. The van der Waals surface area contributed by atoms with Gasteiger partial charge in [0.15, 0.2) is 11.5 Å². The average molecular weight is 439 g/mol. The van der Waals surface area contributed by atoms with E-state index < -0.39 is 23.4 Å². The second-order valence-corrected chi connectivity index (χ2v) is 7.87. The summed E-state index contributed by atoms with van der Waals surface area (Å²) in [6.45, 7) is 4.02. The molecule has 1 fully saturated rings. The lowest BCUT2D eigenvalue weighted by molar-refractivity contribution is -0.135. The van der Waals surface area contributed by atoms with Crippen LogP contribution in [0.3, 0.4) is 0 Å². The van der Waals surface area contributed by atoms with Crippen molar-refractivity contribution in [3.05, 3.63) is 53.6 Å². The van der Waals surface area contributed by atoms with Crippen LogP contribution < -0.4 is 24.8 Å².